The van der Waals surface area contributed by atoms with Crippen molar-refractivity contribution in [1.29, 1.82) is 4.78 Å². The fourth-order valence-corrected chi connectivity index (χ4v) is 4.88. The maximum Gasteiger partial charge on any atom is 0.241 e. The number of pyridine rings is 1. The Morgan fingerprint density at radius 1 is 1.28 bits per heavy atom. The van der Waals surface area contributed by atoms with Crippen LogP contribution < -0.4 is 5.32 Å². The summed E-state index contributed by atoms with van der Waals surface area (Å²) in [5.41, 5.74) is 3.55. The van der Waals surface area contributed by atoms with Gasteiger partial charge in [0.15, 0.2) is 0 Å². The summed E-state index contributed by atoms with van der Waals surface area (Å²) in [6.45, 7) is 2.54. The van der Waals surface area contributed by atoms with Crippen molar-refractivity contribution in [3.05, 3.63) is 36.4 Å². The van der Waals surface area contributed by atoms with E-state index in [4.69, 9.17) is 14.6 Å². The van der Waals surface area contributed by atoms with E-state index in [9.17, 15) is 9.32 Å². The van der Waals surface area contributed by atoms with Crippen molar-refractivity contribution in [3.8, 4) is 11.1 Å². The van der Waals surface area contributed by atoms with Crippen molar-refractivity contribution in [3.63, 3.8) is 0 Å². The molecule has 0 aromatic carbocycles. The summed E-state index contributed by atoms with van der Waals surface area (Å²) in [5, 5.41) is 18.0. The van der Waals surface area contributed by atoms with Crippen LogP contribution in [-0.2, 0) is 14.5 Å². The molecule has 3 heterocycles. The number of nitrogens with one attached hydrogen (secondary N) is 2. The second kappa shape index (κ2) is 9.13. The summed E-state index contributed by atoms with van der Waals surface area (Å²) in [4.78, 5) is 9.13. The zero-order chi connectivity index (χ0) is 22.9. The van der Waals surface area contributed by atoms with Crippen molar-refractivity contribution in [2.75, 3.05) is 25.3 Å². The molecule has 0 radical (unpaired) electrons. The van der Waals surface area contributed by atoms with Gasteiger partial charge in [0.25, 0.3) is 0 Å². The molecule has 2 atom stereocenters. The molecule has 1 aliphatic rings. The quantitative estimate of drug-likeness (QED) is 0.496. The number of aromatic nitrogens is 4. The third-order valence-corrected chi connectivity index (χ3v) is 7.05. The van der Waals surface area contributed by atoms with Crippen LogP contribution in [0, 0.1) is 4.78 Å². The first-order valence-electron chi connectivity index (χ1n) is 10.8. The summed E-state index contributed by atoms with van der Waals surface area (Å²) in [7, 11) is -1.23. The van der Waals surface area contributed by atoms with Crippen LogP contribution in [0.4, 0.5) is 5.95 Å². The minimum atomic E-state index is -2.88. The zero-order valence-corrected chi connectivity index (χ0v) is 19.4. The van der Waals surface area contributed by atoms with Crippen LogP contribution in [0.3, 0.4) is 0 Å². The molecule has 32 heavy (non-hydrogen) atoms. The summed E-state index contributed by atoms with van der Waals surface area (Å²) < 4.78 is 27.3. The van der Waals surface area contributed by atoms with Gasteiger partial charge in [0, 0.05) is 54.5 Å². The van der Waals surface area contributed by atoms with Gasteiger partial charge in [-0.2, -0.15) is 0 Å². The third kappa shape index (κ3) is 4.77. The Labute approximate surface area is 188 Å². The fourth-order valence-electron chi connectivity index (χ4n) is 4.27. The van der Waals surface area contributed by atoms with E-state index in [-0.39, 0.29) is 18.1 Å². The van der Waals surface area contributed by atoms with Crippen LogP contribution >= 0.6 is 0 Å². The fraction of sp³-hybridized carbons (Fsp3) is 0.500. The molecule has 3 aromatic heterocycles. The molecule has 3 N–H and O–H groups in total. The molecule has 10 heteroatoms. The van der Waals surface area contributed by atoms with Crippen LogP contribution in [0.5, 0.6) is 0 Å². The lowest BCUT2D eigenvalue weighted by Gasteiger charge is -2.25. The standard InChI is InChI=1S/C22H30N6O3S/c1-14(13-31-2)26-22-25-12-21-19(16-8-18(11-24-10-16)32(3,23)30)9-20(28(21)27-22)15-4-6-17(29)7-5-15/h8-12,14-15,17,23,29H,4-7,13H2,1-3H3,(H,26,27)/t14-,15?,17?,32-/m0/s1. The maximum absolute atomic E-state index is 12.3. The summed E-state index contributed by atoms with van der Waals surface area (Å²) in [6, 6.07) is 3.91. The normalized spacial score (nSPS) is 21.9. The molecule has 0 spiro atoms. The molecule has 0 unspecified atom stereocenters. The van der Waals surface area contributed by atoms with Crippen molar-refractivity contribution < 1.29 is 14.1 Å². The Hall–Kier alpha value is -2.56. The minimum absolute atomic E-state index is 0.0522. The number of rotatable bonds is 7. The van der Waals surface area contributed by atoms with Gasteiger partial charge in [0.1, 0.15) is 0 Å². The second-order valence-corrected chi connectivity index (χ2v) is 10.8. The van der Waals surface area contributed by atoms with Gasteiger partial charge in [0.2, 0.25) is 5.95 Å². The Balaban J connectivity index is 1.81. The van der Waals surface area contributed by atoms with E-state index in [1.54, 1.807) is 25.6 Å². The van der Waals surface area contributed by atoms with Crippen molar-refractivity contribution in [2.24, 2.45) is 0 Å². The van der Waals surface area contributed by atoms with Gasteiger partial charge in [-0.15, -0.1) is 5.10 Å². The second-order valence-electron chi connectivity index (χ2n) is 8.62. The molecule has 0 saturated heterocycles. The summed E-state index contributed by atoms with van der Waals surface area (Å²) in [5.74, 6) is 0.775. The molecule has 0 amide bonds. The van der Waals surface area contributed by atoms with E-state index in [0.29, 0.717) is 17.5 Å². The Kier molecular flexibility index (Phi) is 6.45. The molecule has 1 aliphatic carbocycles. The average molecular weight is 459 g/mol. The van der Waals surface area contributed by atoms with E-state index < -0.39 is 9.73 Å². The maximum atomic E-state index is 12.3. The summed E-state index contributed by atoms with van der Waals surface area (Å²) in [6.07, 6.45) is 9.43. The van der Waals surface area contributed by atoms with Crippen LogP contribution in [0.15, 0.2) is 35.6 Å². The number of aliphatic hydroxyl groups excluding tert-OH is 1. The van der Waals surface area contributed by atoms with Crippen molar-refractivity contribution in [1.82, 2.24) is 19.6 Å². The lowest BCUT2D eigenvalue weighted by molar-refractivity contribution is 0.121. The molecule has 1 saturated carbocycles. The first kappa shape index (κ1) is 22.6. The van der Waals surface area contributed by atoms with Gasteiger partial charge >= 0.3 is 0 Å². The van der Waals surface area contributed by atoms with E-state index in [0.717, 1.165) is 48.0 Å². The van der Waals surface area contributed by atoms with E-state index in [1.807, 2.05) is 11.4 Å². The van der Waals surface area contributed by atoms with Gasteiger partial charge in [-0.05, 0) is 44.7 Å². The molecule has 0 aliphatic heterocycles. The Morgan fingerprint density at radius 3 is 2.72 bits per heavy atom. The Morgan fingerprint density at radius 2 is 2.03 bits per heavy atom. The molecule has 1 fully saturated rings. The lowest BCUT2D eigenvalue weighted by atomic mass is 9.85. The number of ether oxygens (including phenoxy) is 1. The smallest absolute Gasteiger partial charge is 0.241 e. The molecule has 0 bridgehead atoms. The molecule has 9 nitrogen and oxygen atoms in total. The predicted molar refractivity (Wildman–Crippen MR) is 123 cm³/mol. The monoisotopic (exact) mass is 458 g/mol. The van der Waals surface area contributed by atoms with Crippen molar-refractivity contribution >= 4 is 21.2 Å². The topological polar surface area (TPSA) is 125 Å². The van der Waals surface area contributed by atoms with Crippen LogP contribution in [0.2, 0.25) is 0 Å². The molecular weight excluding hydrogens is 428 g/mol. The average Bonchev–Trinajstić information content (AvgIpc) is 3.13. The summed E-state index contributed by atoms with van der Waals surface area (Å²) >= 11 is 0. The van der Waals surface area contributed by atoms with E-state index >= 15 is 0 Å². The minimum Gasteiger partial charge on any atom is -0.393 e. The molecular formula is C22H30N6O3S. The highest BCUT2D eigenvalue weighted by Gasteiger charge is 2.26. The van der Waals surface area contributed by atoms with Gasteiger partial charge in [-0.1, -0.05) is 0 Å². The number of fused-ring (bicyclic) bond motifs is 1. The SMILES string of the molecule is COC[C@H](C)Nc1ncc2c(-c3cncc([S@@](C)(=N)=O)c3)cc(C3CCC(O)CC3)n2n1. The van der Waals surface area contributed by atoms with E-state index in [2.05, 4.69) is 21.4 Å². The van der Waals surface area contributed by atoms with Gasteiger partial charge in [0.05, 0.1) is 39.0 Å². The number of anilines is 1. The first-order chi connectivity index (χ1) is 15.3. The van der Waals surface area contributed by atoms with E-state index in [1.165, 1.54) is 12.5 Å². The lowest BCUT2D eigenvalue weighted by Crippen LogP contribution is -2.23. The number of hydrogen-bond acceptors (Lipinski definition) is 8. The zero-order valence-electron chi connectivity index (χ0n) is 18.6. The number of aliphatic hydroxyl groups is 1. The van der Waals surface area contributed by atoms with Crippen molar-refractivity contribution in [2.45, 2.75) is 55.6 Å². The predicted octanol–water partition coefficient (Wildman–Crippen LogP) is 3.29. The third-order valence-electron chi connectivity index (χ3n) is 5.93. The highest BCUT2D eigenvalue weighted by Crippen LogP contribution is 2.37. The number of nitrogens with zero attached hydrogens (tertiary/aromatic N) is 4. The van der Waals surface area contributed by atoms with Gasteiger partial charge < -0.3 is 15.2 Å². The highest BCUT2D eigenvalue weighted by molar-refractivity contribution is 7.91. The molecule has 172 valence electrons. The van der Waals surface area contributed by atoms with Crippen LogP contribution in [0.25, 0.3) is 16.6 Å². The van der Waals surface area contributed by atoms with Gasteiger partial charge in [-0.3, -0.25) is 4.98 Å². The number of hydrogen-bond donors (Lipinski definition) is 3. The van der Waals surface area contributed by atoms with Crippen LogP contribution in [-0.4, -0.2) is 61.0 Å². The Bertz CT molecular complexity index is 1200. The number of methoxy groups -OCH3 is 1. The molecule has 3 aromatic rings. The highest BCUT2D eigenvalue weighted by atomic mass is 32.2. The first-order valence-corrected chi connectivity index (χ1v) is 12.7. The molecule has 4 rings (SSSR count). The largest absolute Gasteiger partial charge is 0.393 e. The van der Waals surface area contributed by atoms with Gasteiger partial charge in [-0.25, -0.2) is 18.5 Å². The van der Waals surface area contributed by atoms with Crippen LogP contribution in [0.1, 0.15) is 44.2 Å².